The second kappa shape index (κ2) is 5.98. The van der Waals surface area contributed by atoms with Gasteiger partial charge in [-0.15, -0.1) is 0 Å². The molecule has 0 aromatic rings. The molecule has 0 aromatic heterocycles. The number of sulfonamides is 1. The van der Waals surface area contributed by atoms with Gasteiger partial charge in [-0.05, 0) is 18.8 Å². The topological polar surface area (TPSA) is 66.4 Å². The number of hydrogen-bond donors (Lipinski definition) is 2. The number of rotatable bonds is 5. The molecule has 0 saturated heterocycles. The van der Waals surface area contributed by atoms with Crippen molar-refractivity contribution in [2.24, 2.45) is 5.92 Å². The van der Waals surface area contributed by atoms with Gasteiger partial charge in [0.25, 0.3) is 0 Å². The van der Waals surface area contributed by atoms with Gasteiger partial charge in [-0.3, -0.25) is 0 Å². The highest BCUT2D eigenvalue weighted by Crippen LogP contribution is 2.23. The van der Waals surface area contributed by atoms with Crippen molar-refractivity contribution in [2.75, 3.05) is 6.61 Å². The Morgan fingerprint density at radius 2 is 1.81 bits per heavy atom. The van der Waals surface area contributed by atoms with E-state index in [0.29, 0.717) is 0 Å². The van der Waals surface area contributed by atoms with E-state index in [1.807, 2.05) is 13.8 Å². The highest BCUT2D eigenvalue weighted by atomic mass is 32.2. The van der Waals surface area contributed by atoms with Crippen LogP contribution < -0.4 is 4.72 Å². The lowest BCUT2D eigenvalue weighted by Crippen LogP contribution is -2.45. The molecular weight excluding hydrogens is 226 g/mol. The molecular formula is C11H23NO3S. The third kappa shape index (κ3) is 3.71. The summed E-state index contributed by atoms with van der Waals surface area (Å²) in [6.07, 6.45) is 4.64. The molecule has 1 saturated carbocycles. The van der Waals surface area contributed by atoms with E-state index in [1.165, 1.54) is 0 Å². The molecule has 1 fully saturated rings. The largest absolute Gasteiger partial charge is 0.395 e. The molecule has 0 aliphatic heterocycles. The quantitative estimate of drug-likeness (QED) is 0.771. The zero-order chi connectivity index (χ0) is 12.2. The molecule has 5 heteroatoms. The molecule has 1 rings (SSSR count). The van der Waals surface area contributed by atoms with Crippen LogP contribution in [0.15, 0.2) is 0 Å². The van der Waals surface area contributed by atoms with Gasteiger partial charge in [0.1, 0.15) is 0 Å². The van der Waals surface area contributed by atoms with Crippen molar-refractivity contribution in [1.29, 1.82) is 0 Å². The van der Waals surface area contributed by atoms with Crippen molar-refractivity contribution in [3.8, 4) is 0 Å². The van der Waals surface area contributed by atoms with E-state index in [-0.39, 0.29) is 23.8 Å². The molecule has 1 aliphatic carbocycles. The molecule has 0 heterocycles. The summed E-state index contributed by atoms with van der Waals surface area (Å²) in [5, 5.41) is 8.88. The van der Waals surface area contributed by atoms with E-state index in [0.717, 1.165) is 32.1 Å². The van der Waals surface area contributed by atoms with Crippen molar-refractivity contribution in [3.63, 3.8) is 0 Å². The molecule has 16 heavy (non-hydrogen) atoms. The van der Waals surface area contributed by atoms with Gasteiger partial charge in [0, 0.05) is 6.04 Å². The lowest BCUT2D eigenvalue weighted by molar-refractivity contribution is 0.227. The fourth-order valence-electron chi connectivity index (χ4n) is 2.07. The smallest absolute Gasteiger partial charge is 0.214 e. The van der Waals surface area contributed by atoms with Crippen LogP contribution in [0.25, 0.3) is 0 Å². The normalized spacial score (nSPS) is 21.2. The Kier molecular flexibility index (Phi) is 5.21. The van der Waals surface area contributed by atoms with Crippen molar-refractivity contribution in [2.45, 2.75) is 57.2 Å². The maximum atomic E-state index is 12.0. The zero-order valence-corrected chi connectivity index (χ0v) is 11.0. The van der Waals surface area contributed by atoms with Crippen LogP contribution in [0.4, 0.5) is 0 Å². The van der Waals surface area contributed by atoms with Crippen LogP contribution in [0.5, 0.6) is 0 Å². The predicted molar refractivity (Wildman–Crippen MR) is 64.6 cm³/mol. The summed E-state index contributed by atoms with van der Waals surface area (Å²) in [4.78, 5) is 0. The number of nitrogens with one attached hydrogen (secondary N) is 1. The minimum absolute atomic E-state index is 0.114. The second-order valence-electron chi connectivity index (χ2n) is 4.96. The van der Waals surface area contributed by atoms with E-state index in [2.05, 4.69) is 4.72 Å². The maximum absolute atomic E-state index is 12.0. The van der Waals surface area contributed by atoms with Gasteiger partial charge in [-0.1, -0.05) is 33.1 Å². The van der Waals surface area contributed by atoms with Gasteiger partial charge in [0.05, 0.1) is 11.9 Å². The summed E-state index contributed by atoms with van der Waals surface area (Å²) in [7, 11) is -3.25. The predicted octanol–water partition coefficient (Wildman–Crippen LogP) is 1.26. The Labute approximate surface area is 98.5 Å². The lowest BCUT2D eigenvalue weighted by atomic mass is 10.0. The first-order valence-electron chi connectivity index (χ1n) is 6.09. The highest BCUT2D eigenvalue weighted by molar-refractivity contribution is 7.90. The van der Waals surface area contributed by atoms with E-state index in [9.17, 15) is 8.42 Å². The number of hydrogen-bond acceptors (Lipinski definition) is 3. The molecule has 2 N–H and O–H groups in total. The molecule has 0 spiro atoms. The summed E-state index contributed by atoms with van der Waals surface area (Å²) < 4.78 is 26.7. The molecule has 0 aromatic carbocycles. The van der Waals surface area contributed by atoms with E-state index >= 15 is 0 Å². The Morgan fingerprint density at radius 3 is 2.25 bits per heavy atom. The fraction of sp³-hybridized carbons (Fsp3) is 1.00. The second-order valence-corrected chi connectivity index (χ2v) is 6.95. The molecule has 1 aliphatic rings. The molecule has 1 unspecified atom stereocenters. The SMILES string of the molecule is CC(C)C(CO)NS(=O)(=O)C1CCCCC1. The van der Waals surface area contributed by atoms with Crippen molar-refractivity contribution >= 4 is 10.0 Å². The molecule has 0 amide bonds. The van der Waals surface area contributed by atoms with Crippen LogP contribution in [0.3, 0.4) is 0 Å². The fourth-order valence-corrected chi connectivity index (χ4v) is 3.98. The summed E-state index contributed by atoms with van der Waals surface area (Å²) in [6, 6.07) is -0.355. The summed E-state index contributed by atoms with van der Waals surface area (Å²) in [6.45, 7) is 3.68. The summed E-state index contributed by atoms with van der Waals surface area (Å²) in [5.41, 5.74) is 0. The van der Waals surface area contributed by atoms with Crippen LogP contribution in [0.2, 0.25) is 0 Å². The Hall–Kier alpha value is -0.130. The first-order chi connectivity index (χ1) is 7.47. The standard InChI is InChI=1S/C11H23NO3S/c1-9(2)11(8-13)12-16(14,15)10-6-4-3-5-7-10/h9-13H,3-8H2,1-2H3. The zero-order valence-electron chi connectivity index (χ0n) is 10.1. The average molecular weight is 249 g/mol. The molecule has 4 nitrogen and oxygen atoms in total. The third-order valence-corrected chi connectivity index (χ3v) is 5.29. The van der Waals surface area contributed by atoms with Gasteiger partial charge in [0.15, 0.2) is 0 Å². The van der Waals surface area contributed by atoms with Crippen LogP contribution in [0, 0.1) is 5.92 Å². The summed E-state index contributed by atoms with van der Waals surface area (Å²) in [5.74, 6) is 0.114. The first-order valence-corrected chi connectivity index (χ1v) is 7.64. The molecule has 0 bridgehead atoms. The average Bonchev–Trinajstić information content (AvgIpc) is 2.27. The van der Waals surface area contributed by atoms with Gasteiger partial charge in [-0.25, -0.2) is 13.1 Å². The number of aliphatic hydroxyl groups excluding tert-OH is 1. The lowest BCUT2D eigenvalue weighted by Gasteiger charge is -2.26. The molecule has 96 valence electrons. The van der Waals surface area contributed by atoms with Crippen LogP contribution >= 0.6 is 0 Å². The van der Waals surface area contributed by atoms with Crippen LogP contribution in [-0.2, 0) is 10.0 Å². The monoisotopic (exact) mass is 249 g/mol. The summed E-state index contributed by atoms with van der Waals surface area (Å²) >= 11 is 0. The molecule has 1 atom stereocenters. The van der Waals surface area contributed by atoms with Gasteiger partial charge in [-0.2, -0.15) is 0 Å². The van der Waals surface area contributed by atoms with E-state index in [1.54, 1.807) is 0 Å². The van der Waals surface area contributed by atoms with Gasteiger partial charge in [0.2, 0.25) is 10.0 Å². The minimum Gasteiger partial charge on any atom is -0.395 e. The molecule has 0 radical (unpaired) electrons. The maximum Gasteiger partial charge on any atom is 0.214 e. The van der Waals surface area contributed by atoms with Gasteiger partial charge >= 0.3 is 0 Å². The van der Waals surface area contributed by atoms with Crippen LogP contribution in [-0.4, -0.2) is 31.4 Å². The van der Waals surface area contributed by atoms with Crippen molar-refractivity contribution < 1.29 is 13.5 Å². The van der Waals surface area contributed by atoms with E-state index in [4.69, 9.17) is 5.11 Å². The first kappa shape index (κ1) is 13.9. The highest BCUT2D eigenvalue weighted by Gasteiger charge is 2.29. The minimum atomic E-state index is -3.25. The van der Waals surface area contributed by atoms with E-state index < -0.39 is 10.0 Å². The Balaban J connectivity index is 2.62. The van der Waals surface area contributed by atoms with Crippen molar-refractivity contribution in [3.05, 3.63) is 0 Å². The Bertz CT molecular complexity index is 294. The van der Waals surface area contributed by atoms with Crippen LogP contribution in [0.1, 0.15) is 46.0 Å². The van der Waals surface area contributed by atoms with Crippen molar-refractivity contribution in [1.82, 2.24) is 4.72 Å². The third-order valence-electron chi connectivity index (χ3n) is 3.31. The number of aliphatic hydroxyl groups is 1. The Morgan fingerprint density at radius 1 is 1.25 bits per heavy atom. The van der Waals surface area contributed by atoms with Gasteiger partial charge < -0.3 is 5.11 Å².